The minimum atomic E-state index is -3.53. The highest BCUT2D eigenvalue weighted by atomic mass is 32.2. The Kier molecular flexibility index (Phi) is 6.84. The van der Waals surface area contributed by atoms with E-state index >= 15 is 0 Å². The quantitative estimate of drug-likeness (QED) is 0.762. The average Bonchev–Trinajstić information content (AvgIpc) is 2.49. The van der Waals surface area contributed by atoms with Gasteiger partial charge in [0.25, 0.3) is 0 Å². The van der Waals surface area contributed by atoms with Gasteiger partial charge in [-0.3, -0.25) is 4.79 Å². The molecule has 1 aromatic rings. The first-order valence-corrected chi connectivity index (χ1v) is 9.77. The third-order valence-corrected chi connectivity index (χ3v) is 4.39. The maximum absolute atomic E-state index is 12.7. The molecule has 8 heteroatoms. The van der Waals surface area contributed by atoms with Crippen molar-refractivity contribution in [2.75, 3.05) is 20.5 Å². The summed E-state index contributed by atoms with van der Waals surface area (Å²) in [6, 6.07) is 4.00. The largest absolute Gasteiger partial charge is 0.497 e. The molecule has 2 atom stereocenters. The van der Waals surface area contributed by atoms with Gasteiger partial charge in [-0.05, 0) is 30.5 Å². The van der Waals surface area contributed by atoms with Crippen LogP contribution in [0.2, 0.25) is 0 Å². The summed E-state index contributed by atoms with van der Waals surface area (Å²) in [7, 11) is -0.430. The highest BCUT2D eigenvalue weighted by molar-refractivity contribution is 7.88. The Hall–Kier alpha value is -1.80. The number of amides is 1. The van der Waals surface area contributed by atoms with Gasteiger partial charge in [0.05, 0.1) is 26.5 Å². The molecule has 7 nitrogen and oxygen atoms in total. The van der Waals surface area contributed by atoms with Crippen molar-refractivity contribution in [2.45, 2.75) is 39.8 Å². The smallest absolute Gasteiger partial charge is 0.239 e. The minimum absolute atomic E-state index is 0.399. The molecular weight excluding hydrogens is 344 g/mol. The van der Waals surface area contributed by atoms with Crippen LogP contribution in [0, 0.1) is 5.41 Å². The van der Waals surface area contributed by atoms with Gasteiger partial charge >= 0.3 is 0 Å². The van der Waals surface area contributed by atoms with Crippen LogP contribution >= 0.6 is 0 Å². The molecule has 0 unspecified atom stereocenters. The maximum atomic E-state index is 12.7. The van der Waals surface area contributed by atoms with E-state index in [2.05, 4.69) is 10.0 Å². The molecule has 25 heavy (non-hydrogen) atoms. The fourth-order valence-corrected chi connectivity index (χ4v) is 3.28. The highest BCUT2D eigenvalue weighted by Crippen LogP contribution is 2.30. The lowest BCUT2D eigenvalue weighted by Gasteiger charge is -2.31. The van der Waals surface area contributed by atoms with Gasteiger partial charge in [-0.25, -0.2) is 13.1 Å². The van der Waals surface area contributed by atoms with Gasteiger partial charge in [0.2, 0.25) is 15.9 Å². The van der Waals surface area contributed by atoms with Crippen LogP contribution in [0.3, 0.4) is 0 Å². The average molecular weight is 372 g/mol. The van der Waals surface area contributed by atoms with Gasteiger partial charge in [0.15, 0.2) is 0 Å². The SMILES string of the molecule is COc1ccc(OC)c([C@H](C)NC(=O)[C@H](NS(C)(=O)=O)C(C)(C)C)c1. The van der Waals surface area contributed by atoms with Crippen molar-refractivity contribution in [3.63, 3.8) is 0 Å². The third kappa shape index (κ3) is 6.21. The van der Waals surface area contributed by atoms with Crippen LogP contribution in [0.15, 0.2) is 18.2 Å². The fraction of sp³-hybridized carbons (Fsp3) is 0.588. The van der Waals surface area contributed by atoms with E-state index in [9.17, 15) is 13.2 Å². The first kappa shape index (κ1) is 21.2. The number of carbonyl (C=O) groups is 1. The Labute approximate surface area is 150 Å². The molecule has 1 rings (SSSR count). The van der Waals surface area contributed by atoms with Crippen molar-refractivity contribution in [3.05, 3.63) is 23.8 Å². The predicted molar refractivity (Wildman–Crippen MR) is 97.3 cm³/mol. The lowest BCUT2D eigenvalue weighted by Crippen LogP contribution is -2.53. The van der Waals surface area contributed by atoms with Gasteiger partial charge in [-0.15, -0.1) is 0 Å². The number of hydrogen-bond donors (Lipinski definition) is 2. The van der Waals surface area contributed by atoms with E-state index < -0.39 is 33.4 Å². The molecular formula is C17H28N2O5S. The van der Waals surface area contributed by atoms with Crippen LogP contribution in [0.25, 0.3) is 0 Å². The molecule has 1 aromatic carbocycles. The van der Waals surface area contributed by atoms with E-state index in [1.165, 1.54) is 0 Å². The summed E-state index contributed by atoms with van der Waals surface area (Å²) >= 11 is 0. The maximum Gasteiger partial charge on any atom is 0.239 e. The number of ether oxygens (including phenoxy) is 2. The lowest BCUT2D eigenvalue weighted by molar-refractivity contribution is -0.125. The normalized spacial score (nSPS) is 14.5. The first-order valence-electron chi connectivity index (χ1n) is 7.88. The molecule has 0 aliphatic rings. The van der Waals surface area contributed by atoms with Gasteiger partial charge in [-0.2, -0.15) is 0 Å². The summed E-state index contributed by atoms with van der Waals surface area (Å²) in [6.45, 7) is 7.19. The van der Waals surface area contributed by atoms with E-state index in [1.54, 1.807) is 60.1 Å². The van der Waals surface area contributed by atoms with Crippen molar-refractivity contribution in [1.29, 1.82) is 0 Å². The lowest BCUT2D eigenvalue weighted by atomic mass is 9.86. The summed E-state index contributed by atoms with van der Waals surface area (Å²) in [5.41, 5.74) is 0.146. The topological polar surface area (TPSA) is 93.7 Å². The number of nitrogens with one attached hydrogen (secondary N) is 2. The van der Waals surface area contributed by atoms with E-state index in [0.717, 1.165) is 11.8 Å². The van der Waals surface area contributed by atoms with Crippen molar-refractivity contribution in [3.8, 4) is 11.5 Å². The molecule has 0 saturated carbocycles. The van der Waals surface area contributed by atoms with Gasteiger partial charge in [0.1, 0.15) is 17.5 Å². The van der Waals surface area contributed by atoms with Crippen LogP contribution in [-0.2, 0) is 14.8 Å². The molecule has 142 valence electrons. The van der Waals surface area contributed by atoms with Crippen LogP contribution in [0.1, 0.15) is 39.3 Å². The molecule has 1 amide bonds. The second-order valence-electron chi connectivity index (χ2n) is 7.03. The van der Waals surface area contributed by atoms with Gasteiger partial charge in [-0.1, -0.05) is 20.8 Å². The Morgan fingerprint density at radius 1 is 1.16 bits per heavy atom. The molecule has 0 aromatic heterocycles. The number of methoxy groups -OCH3 is 2. The van der Waals surface area contributed by atoms with E-state index in [-0.39, 0.29) is 0 Å². The number of rotatable bonds is 7. The molecule has 0 radical (unpaired) electrons. The molecule has 0 saturated heterocycles. The zero-order chi connectivity index (χ0) is 19.4. The van der Waals surface area contributed by atoms with Gasteiger partial charge in [0, 0.05) is 5.56 Å². The van der Waals surface area contributed by atoms with Crippen molar-refractivity contribution >= 4 is 15.9 Å². The molecule has 2 N–H and O–H groups in total. The minimum Gasteiger partial charge on any atom is -0.497 e. The van der Waals surface area contributed by atoms with Crippen LogP contribution in [-0.4, -0.2) is 40.8 Å². The third-order valence-electron chi connectivity index (χ3n) is 3.72. The van der Waals surface area contributed by atoms with E-state index in [4.69, 9.17) is 9.47 Å². The van der Waals surface area contributed by atoms with Crippen molar-refractivity contribution in [2.24, 2.45) is 5.41 Å². The second kappa shape index (κ2) is 8.05. The van der Waals surface area contributed by atoms with E-state index in [1.807, 2.05) is 0 Å². The zero-order valence-corrected chi connectivity index (χ0v) is 16.7. The standard InChI is InChI=1S/C17H28N2O5S/c1-11(13-10-12(23-5)8-9-14(13)24-6)18-16(20)15(17(2,3)4)19-25(7,21)22/h8-11,15,19H,1-7H3,(H,18,20)/t11-,15-/m0/s1. The summed E-state index contributed by atoms with van der Waals surface area (Å²) in [5.74, 6) is 0.839. The highest BCUT2D eigenvalue weighted by Gasteiger charge is 2.34. The number of hydrogen-bond acceptors (Lipinski definition) is 5. The fourth-order valence-electron chi connectivity index (χ4n) is 2.39. The van der Waals surface area contributed by atoms with Crippen molar-refractivity contribution in [1.82, 2.24) is 10.0 Å². The zero-order valence-electron chi connectivity index (χ0n) is 15.8. The summed E-state index contributed by atoms with van der Waals surface area (Å²) in [4.78, 5) is 12.7. The Morgan fingerprint density at radius 2 is 1.76 bits per heavy atom. The Morgan fingerprint density at radius 3 is 2.20 bits per heavy atom. The van der Waals surface area contributed by atoms with Crippen LogP contribution < -0.4 is 19.5 Å². The predicted octanol–water partition coefficient (Wildman–Crippen LogP) is 1.84. The first-order chi connectivity index (χ1) is 11.4. The summed E-state index contributed by atoms with van der Waals surface area (Å²) in [6.07, 6.45) is 1.04. The molecule has 0 fully saturated rings. The van der Waals surface area contributed by atoms with Crippen LogP contribution in [0.4, 0.5) is 0 Å². The number of carbonyl (C=O) groups excluding carboxylic acids is 1. The molecule has 0 spiro atoms. The van der Waals surface area contributed by atoms with E-state index in [0.29, 0.717) is 11.5 Å². The Bertz CT molecular complexity index is 710. The molecule has 0 aliphatic heterocycles. The molecule has 0 aliphatic carbocycles. The molecule has 0 heterocycles. The second-order valence-corrected chi connectivity index (χ2v) is 8.81. The monoisotopic (exact) mass is 372 g/mol. The number of benzene rings is 1. The van der Waals surface area contributed by atoms with Crippen molar-refractivity contribution < 1.29 is 22.7 Å². The number of sulfonamides is 1. The summed E-state index contributed by atoms with van der Waals surface area (Å²) in [5, 5.41) is 2.85. The van der Waals surface area contributed by atoms with Gasteiger partial charge < -0.3 is 14.8 Å². The van der Waals surface area contributed by atoms with Crippen LogP contribution in [0.5, 0.6) is 11.5 Å². The molecule has 0 bridgehead atoms. The Balaban J connectivity index is 3.08. The summed E-state index contributed by atoms with van der Waals surface area (Å²) < 4.78 is 36.2.